The van der Waals surface area contributed by atoms with Gasteiger partial charge in [-0.15, -0.1) is 0 Å². The highest BCUT2D eigenvalue weighted by Gasteiger charge is 2.33. The van der Waals surface area contributed by atoms with Crippen LogP contribution in [0.2, 0.25) is 0 Å². The zero-order valence-corrected chi connectivity index (χ0v) is 12.3. The fraction of sp³-hybridized carbons (Fsp3) is 0.133. The first-order valence-corrected chi connectivity index (χ1v) is 8.13. The molecular weight excluding hydrogens is 304 g/mol. The molecule has 0 saturated carbocycles. The zero-order valence-electron chi connectivity index (χ0n) is 11.5. The Bertz CT molecular complexity index is 924. The molecule has 2 aromatic rings. The molecule has 1 aromatic carbocycles. The van der Waals surface area contributed by atoms with Gasteiger partial charge in [-0.25, -0.2) is 8.42 Å². The molecule has 0 amide bonds. The van der Waals surface area contributed by atoms with Gasteiger partial charge in [0.05, 0.1) is 9.82 Å². The van der Waals surface area contributed by atoms with Gasteiger partial charge in [-0.3, -0.25) is 15.1 Å². The Morgan fingerprint density at radius 1 is 1.14 bits per heavy atom. The number of benzene rings is 1. The van der Waals surface area contributed by atoms with Crippen molar-refractivity contribution >= 4 is 20.6 Å². The van der Waals surface area contributed by atoms with Gasteiger partial charge in [0.2, 0.25) is 9.84 Å². The van der Waals surface area contributed by atoms with Crippen LogP contribution in [-0.4, -0.2) is 18.3 Å². The smallest absolute Gasteiger partial charge is 0.264 e. The number of hydrogen-bond acceptors (Lipinski definition) is 5. The topological polar surface area (TPSA) is 90.2 Å². The zero-order chi connectivity index (χ0) is 15.7. The molecule has 0 spiro atoms. The third kappa shape index (κ3) is 2.29. The van der Waals surface area contributed by atoms with Crippen molar-refractivity contribution in [3.05, 3.63) is 69.5 Å². The normalized spacial score (nSPS) is 15.3. The van der Waals surface area contributed by atoms with Crippen molar-refractivity contribution in [2.75, 3.05) is 0 Å². The van der Waals surface area contributed by atoms with Crippen molar-refractivity contribution in [2.45, 2.75) is 17.7 Å². The first kappa shape index (κ1) is 14.4. The van der Waals surface area contributed by atoms with Crippen LogP contribution in [0.15, 0.2) is 64.3 Å². The summed E-state index contributed by atoms with van der Waals surface area (Å²) in [7, 11) is -3.96. The predicted octanol–water partition coefficient (Wildman–Crippen LogP) is 2.85. The van der Waals surface area contributed by atoms with E-state index in [-0.39, 0.29) is 15.5 Å². The molecule has 22 heavy (non-hydrogen) atoms. The Kier molecular flexibility index (Phi) is 3.50. The van der Waals surface area contributed by atoms with Gasteiger partial charge < -0.3 is 0 Å². The number of aromatic nitrogens is 1. The van der Waals surface area contributed by atoms with E-state index in [2.05, 4.69) is 4.98 Å². The Hall–Kier alpha value is -2.54. The number of sulfone groups is 1. The van der Waals surface area contributed by atoms with E-state index in [1.54, 1.807) is 24.4 Å². The van der Waals surface area contributed by atoms with Crippen LogP contribution in [0.4, 0.5) is 0 Å². The number of nitro groups is 1. The van der Waals surface area contributed by atoms with Crippen molar-refractivity contribution in [1.29, 1.82) is 0 Å². The van der Waals surface area contributed by atoms with Crippen molar-refractivity contribution < 1.29 is 13.3 Å². The minimum absolute atomic E-state index is 0.0632. The Balaban J connectivity index is 2.23. The maximum Gasteiger partial charge on any atom is 0.284 e. The second-order valence-corrected chi connectivity index (χ2v) is 6.74. The van der Waals surface area contributed by atoms with Crippen LogP contribution in [0.1, 0.15) is 12.8 Å². The van der Waals surface area contributed by atoms with E-state index in [4.69, 9.17) is 0 Å². The first-order chi connectivity index (χ1) is 10.5. The SMILES string of the molecule is O=[N+]([O-])C1=CCCC=C1S(=O)(=O)c1cccc2cnccc12. The highest BCUT2D eigenvalue weighted by molar-refractivity contribution is 7.95. The summed E-state index contributed by atoms with van der Waals surface area (Å²) < 4.78 is 25.8. The van der Waals surface area contributed by atoms with Crippen LogP contribution in [-0.2, 0) is 9.84 Å². The monoisotopic (exact) mass is 316 g/mol. The summed E-state index contributed by atoms with van der Waals surface area (Å²) in [4.78, 5) is 14.3. The van der Waals surface area contributed by atoms with Gasteiger partial charge in [0.25, 0.3) is 5.70 Å². The lowest BCUT2D eigenvalue weighted by Crippen LogP contribution is -2.14. The molecule has 3 rings (SSSR count). The van der Waals surface area contributed by atoms with Crippen molar-refractivity contribution in [2.24, 2.45) is 0 Å². The average molecular weight is 316 g/mol. The van der Waals surface area contributed by atoms with Gasteiger partial charge in [0.1, 0.15) is 4.91 Å². The minimum atomic E-state index is -3.96. The number of rotatable bonds is 3. The molecule has 0 fully saturated rings. The molecule has 0 radical (unpaired) electrons. The third-order valence-electron chi connectivity index (χ3n) is 3.50. The quantitative estimate of drug-likeness (QED) is 0.641. The number of fused-ring (bicyclic) bond motifs is 1. The molecule has 0 atom stereocenters. The molecule has 1 aliphatic carbocycles. The lowest BCUT2D eigenvalue weighted by molar-refractivity contribution is -0.420. The molecule has 1 aliphatic rings. The fourth-order valence-electron chi connectivity index (χ4n) is 2.50. The number of hydrogen-bond donors (Lipinski definition) is 0. The van der Waals surface area contributed by atoms with E-state index in [1.165, 1.54) is 24.4 Å². The lowest BCUT2D eigenvalue weighted by Gasteiger charge is -2.12. The summed E-state index contributed by atoms with van der Waals surface area (Å²) in [6.07, 6.45) is 6.79. The van der Waals surface area contributed by atoms with Crippen molar-refractivity contribution in [1.82, 2.24) is 4.98 Å². The minimum Gasteiger partial charge on any atom is -0.264 e. The summed E-state index contributed by atoms with van der Waals surface area (Å²) in [5.74, 6) is 0. The number of allylic oxidation sites excluding steroid dienone is 2. The molecular formula is C15H12N2O4S. The highest BCUT2D eigenvalue weighted by Crippen LogP contribution is 2.33. The summed E-state index contributed by atoms with van der Waals surface area (Å²) >= 11 is 0. The Labute approximate surface area is 126 Å². The molecule has 1 heterocycles. The summed E-state index contributed by atoms with van der Waals surface area (Å²) in [6.45, 7) is 0. The van der Waals surface area contributed by atoms with E-state index in [0.717, 1.165) is 0 Å². The molecule has 0 unspecified atom stereocenters. The Morgan fingerprint density at radius 3 is 2.68 bits per heavy atom. The van der Waals surface area contributed by atoms with Crippen LogP contribution >= 0.6 is 0 Å². The van der Waals surface area contributed by atoms with Gasteiger partial charge in [-0.2, -0.15) is 0 Å². The van der Waals surface area contributed by atoms with E-state index >= 15 is 0 Å². The average Bonchev–Trinajstić information content (AvgIpc) is 2.54. The molecule has 7 heteroatoms. The first-order valence-electron chi connectivity index (χ1n) is 6.65. The van der Waals surface area contributed by atoms with Crippen LogP contribution in [0.3, 0.4) is 0 Å². The van der Waals surface area contributed by atoms with Crippen LogP contribution in [0, 0.1) is 10.1 Å². The summed E-state index contributed by atoms with van der Waals surface area (Å²) in [5, 5.41) is 12.3. The second-order valence-electron chi connectivity index (χ2n) is 4.85. The molecule has 0 N–H and O–H groups in total. The number of nitrogens with zero attached hydrogens (tertiary/aromatic N) is 2. The maximum absolute atomic E-state index is 12.9. The standard InChI is InChI=1S/C15H12N2O4S/c18-17(19)13-5-1-2-6-15(13)22(20,21)14-7-3-4-11-10-16-9-8-12(11)14/h3-10H,1-2H2. The lowest BCUT2D eigenvalue weighted by atomic mass is 10.1. The van der Waals surface area contributed by atoms with Crippen molar-refractivity contribution in [3.8, 4) is 0 Å². The molecule has 1 aromatic heterocycles. The van der Waals surface area contributed by atoms with Gasteiger partial charge in [0, 0.05) is 23.2 Å². The van der Waals surface area contributed by atoms with Crippen LogP contribution in [0.5, 0.6) is 0 Å². The van der Waals surface area contributed by atoms with Gasteiger partial charge in [0.15, 0.2) is 0 Å². The van der Waals surface area contributed by atoms with Gasteiger partial charge >= 0.3 is 0 Å². The molecule has 6 nitrogen and oxygen atoms in total. The largest absolute Gasteiger partial charge is 0.284 e. The molecule has 112 valence electrons. The van der Waals surface area contributed by atoms with Crippen molar-refractivity contribution in [3.63, 3.8) is 0 Å². The summed E-state index contributed by atoms with van der Waals surface area (Å²) in [6, 6.07) is 6.42. The Morgan fingerprint density at radius 2 is 1.91 bits per heavy atom. The molecule has 0 aliphatic heterocycles. The van der Waals surface area contributed by atoms with E-state index in [9.17, 15) is 18.5 Å². The van der Waals surface area contributed by atoms with Crippen LogP contribution < -0.4 is 0 Å². The fourth-order valence-corrected chi connectivity index (χ4v) is 4.24. The predicted molar refractivity (Wildman–Crippen MR) is 81.3 cm³/mol. The number of pyridine rings is 1. The van der Waals surface area contributed by atoms with E-state index < -0.39 is 14.8 Å². The van der Waals surface area contributed by atoms with Gasteiger partial charge in [-0.1, -0.05) is 18.2 Å². The molecule has 0 bridgehead atoms. The van der Waals surface area contributed by atoms with E-state index in [0.29, 0.717) is 23.6 Å². The third-order valence-corrected chi connectivity index (χ3v) is 5.39. The second kappa shape index (κ2) is 5.34. The maximum atomic E-state index is 12.9. The molecule has 0 saturated heterocycles. The van der Waals surface area contributed by atoms with E-state index in [1.807, 2.05) is 0 Å². The van der Waals surface area contributed by atoms with Crippen LogP contribution in [0.25, 0.3) is 10.8 Å². The summed E-state index contributed by atoms with van der Waals surface area (Å²) in [5.41, 5.74) is -0.350. The van der Waals surface area contributed by atoms with Gasteiger partial charge in [-0.05, 0) is 31.1 Å². The highest BCUT2D eigenvalue weighted by atomic mass is 32.2.